The fraction of sp³-hybridized carbons (Fsp3) is 0.581. The van der Waals surface area contributed by atoms with Gasteiger partial charge in [0, 0.05) is 19.4 Å². The van der Waals surface area contributed by atoms with Gasteiger partial charge in [-0.05, 0) is 38.0 Å². The molecule has 43 heavy (non-hydrogen) atoms. The minimum absolute atomic E-state index is 0.00243. The first-order valence-electron chi connectivity index (χ1n) is 14.3. The highest BCUT2D eigenvalue weighted by atomic mass is 35.5. The highest BCUT2D eigenvalue weighted by Crippen LogP contribution is 2.49. The molecule has 7 atom stereocenters. The lowest BCUT2D eigenvalue weighted by Gasteiger charge is -2.42. The number of allylic oxidation sites excluding steroid dienone is 3. The Balaban J connectivity index is 1.76. The van der Waals surface area contributed by atoms with Gasteiger partial charge in [-0.15, -0.1) is 0 Å². The number of carbonyl (C=O) groups excluding carboxylic acids is 3. The van der Waals surface area contributed by atoms with Gasteiger partial charge in [0.15, 0.2) is 5.72 Å². The molecule has 1 aromatic carbocycles. The van der Waals surface area contributed by atoms with E-state index in [1.54, 1.807) is 45.1 Å². The molecule has 2 amide bonds. The van der Waals surface area contributed by atoms with Crippen LogP contribution in [-0.4, -0.2) is 73.0 Å². The van der Waals surface area contributed by atoms with Crippen molar-refractivity contribution in [3.63, 3.8) is 0 Å². The Kier molecular flexibility index (Phi) is 9.80. The molecule has 2 fully saturated rings. The normalized spacial score (nSPS) is 33.0. The molecular formula is C31H41ClN2O9. The van der Waals surface area contributed by atoms with Gasteiger partial charge >= 0.3 is 12.1 Å². The Morgan fingerprint density at radius 1 is 1.23 bits per heavy atom. The van der Waals surface area contributed by atoms with Gasteiger partial charge in [-0.25, -0.2) is 4.79 Å². The van der Waals surface area contributed by atoms with E-state index in [1.807, 2.05) is 19.9 Å². The third kappa shape index (κ3) is 7.17. The van der Waals surface area contributed by atoms with Crippen LogP contribution in [-0.2, 0) is 35.0 Å². The average Bonchev–Trinajstić information content (AvgIpc) is 3.63. The van der Waals surface area contributed by atoms with Gasteiger partial charge in [-0.1, -0.05) is 56.2 Å². The smallest absolute Gasteiger partial charge is 0.409 e. The number of rotatable bonds is 4. The fourth-order valence-corrected chi connectivity index (χ4v) is 5.92. The maximum absolute atomic E-state index is 13.4. The number of epoxide rings is 1. The number of hydrogen-bond donors (Lipinski definition) is 3. The first-order chi connectivity index (χ1) is 20.2. The Bertz CT molecular complexity index is 1310. The number of ether oxygens (including phenoxy) is 5. The van der Waals surface area contributed by atoms with Crippen molar-refractivity contribution in [2.45, 2.75) is 89.6 Å². The van der Waals surface area contributed by atoms with Crippen molar-refractivity contribution in [1.29, 1.82) is 0 Å². The van der Waals surface area contributed by atoms with Crippen LogP contribution in [0, 0.1) is 11.8 Å². The van der Waals surface area contributed by atoms with E-state index in [2.05, 4.69) is 10.6 Å². The minimum atomic E-state index is -1.77. The van der Waals surface area contributed by atoms with Crippen LogP contribution in [0.5, 0.6) is 5.75 Å². The molecular weight excluding hydrogens is 580 g/mol. The Morgan fingerprint density at radius 3 is 2.60 bits per heavy atom. The Labute approximate surface area is 256 Å². The summed E-state index contributed by atoms with van der Waals surface area (Å²) < 4.78 is 28.6. The van der Waals surface area contributed by atoms with Gasteiger partial charge in [0.1, 0.15) is 34.7 Å². The molecule has 0 radical (unpaired) electrons. The lowest BCUT2D eigenvalue weighted by molar-refractivity contribution is -0.157. The summed E-state index contributed by atoms with van der Waals surface area (Å²) in [7, 11) is 2.94. The molecule has 3 aliphatic heterocycles. The summed E-state index contributed by atoms with van der Waals surface area (Å²) >= 11 is 6.57. The van der Waals surface area contributed by atoms with Crippen LogP contribution in [0.4, 0.5) is 10.5 Å². The SMILES string of the molecule is COc1cc2cc(c1Cl)NC(=O)C[C@H](OC(=O)C(C)C)[C@]1(C)O[C@H]1[C@H](C)[C@@H]1C[C@@](O)(NC(=O)O1)[C@H](OC)C=CC=C(C)C2. The molecule has 3 aliphatic rings. The van der Waals surface area contributed by atoms with Crippen LogP contribution >= 0.6 is 11.6 Å². The summed E-state index contributed by atoms with van der Waals surface area (Å²) in [5, 5.41) is 17.2. The van der Waals surface area contributed by atoms with Crippen molar-refractivity contribution in [3.05, 3.63) is 46.5 Å². The molecule has 4 bridgehead atoms. The molecule has 4 rings (SSSR count). The summed E-state index contributed by atoms with van der Waals surface area (Å²) in [6, 6.07) is 3.56. The van der Waals surface area contributed by atoms with Crippen molar-refractivity contribution in [2.24, 2.45) is 11.8 Å². The zero-order valence-electron chi connectivity index (χ0n) is 25.6. The van der Waals surface area contributed by atoms with Gasteiger partial charge in [-0.2, -0.15) is 0 Å². The van der Waals surface area contributed by atoms with Crippen LogP contribution in [0.1, 0.15) is 53.0 Å². The van der Waals surface area contributed by atoms with Crippen molar-refractivity contribution < 1.29 is 43.2 Å². The zero-order chi connectivity index (χ0) is 31.7. The number of nitrogens with one attached hydrogen (secondary N) is 2. The number of fused-ring (bicyclic) bond motifs is 5. The molecule has 0 saturated carbocycles. The van der Waals surface area contributed by atoms with Crippen LogP contribution < -0.4 is 15.4 Å². The molecule has 12 heteroatoms. The van der Waals surface area contributed by atoms with Gasteiger partial charge in [0.05, 0.1) is 31.2 Å². The number of alkyl carbamates (subject to hydrolysis) is 1. The molecule has 3 N–H and O–H groups in total. The second-order valence-electron chi connectivity index (χ2n) is 12.0. The van der Waals surface area contributed by atoms with Crippen LogP contribution in [0.2, 0.25) is 5.02 Å². The fourth-order valence-electron chi connectivity index (χ4n) is 5.68. The van der Waals surface area contributed by atoms with Crippen molar-refractivity contribution >= 4 is 35.3 Å². The van der Waals surface area contributed by atoms with Crippen molar-refractivity contribution in [3.8, 4) is 5.75 Å². The summed E-state index contributed by atoms with van der Waals surface area (Å²) in [6.45, 7) is 8.91. The topological polar surface area (TPSA) is 145 Å². The summed E-state index contributed by atoms with van der Waals surface area (Å²) in [4.78, 5) is 38.8. The highest BCUT2D eigenvalue weighted by molar-refractivity contribution is 6.35. The molecule has 0 spiro atoms. The van der Waals surface area contributed by atoms with Gasteiger partial charge in [0.2, 0.25) is 5.91 Å². The molecule has 236 valence electrons. The van der Waals surface area contributed by atoms with Crippen LogP contribution in [0.25, 0.3) is 0 Å². The quantitative estimate of drug-likeness (QED) is 0.331. The summed E-state index contributed by atoms with van der Waals surface area (Å²) in [5.41, 5.74) is -0.698. The first kappa shape index (κ1) is 32.8. The highest BCUT2D eigenvalue weighted by Gasteiger charge is 2.64. The number of anilines is 1. The van der Waals surface area contributed by atoms with E-state index in [4.69, 9.17) is 35.3 Å². The largest absolute Gasteiger partial charge is 0.495 e. The van der Waals surface area contributed by atoms with E-state index in [0.29, 0.717) is 17.9 Å². The van der Waals surface area contributed by atoms with Gasteiger partial charge in [0.25, 0.3) is 0 Å². The van der Waals surface area contributed by atoms with E-state index in [1.165, 1.54) is 14.2 Å². The van der Waals surface area contributed by atoms with Crippen molar-refractivity contribution in [1.82, 2.24) is 5.32 Å². The average molecular weight is 621 g/mol. The zero-order valence-corrected chi connectivity index (χ0v) is 26.3. The van der Waals surface area contributed by atoms with Crippen LogP contribution in [0.15, 0.2) is 35.9 Å². The van der Waals surface area contributed by atoms with Gasteiger partial charge < -0.3 is 34.1 Å². The lowest BCUT2D eigenvalue weighted by atomic mass is 9.83. The number of benzene rings is 1. The number of esters is 1. The second kappa shape index (κ2) is 12.9. The second-order valence-corrected chi connectivity index (χ2v) is 12.4. The molecule has 1 aromatic rings. The third-order valence-corrected chi connectivity index (χ3v) is 8.64. The van der Waals surface area contributed by atoms with Gasteiger partial charge in [-0.3, -0.25) is 14.9 Å². The number of methoxy groups -OCH3 is 2. The molecule has 2 saturated heterocycles. The number of hydrogen-bond acceptors (Lipinski definition) is 9. The lowest BCUT2D eigenvalue weighted by Crippen LogP contribution is -2.63. The summed E-state index contributed by atoms with van der Waals surface area (Å²) in [5.74, 6) is -1.41. The molecule has 3 heterocycles. The molecule has 0 unspecified atom stereocenters. The van der Waals surface area contributed by atoms with E-state index >= 15 is 0 Å². The predicted molar refractivity (Wildman–Crippen MR) is 159 cm³/mol. The first-order valence-corrected chi connectivity index (χ1v) is 14.7. The Morgan fingerprint density at radius 2 is 1.95 bits per heavy atom. The van der Waals surface area contributed by atoms with Crippen molar-refractivity contribution in [2.75, 3.05) is 19.5 Å². The number of aliphatic hydroxyl groups is 1. The predicted octanol–water partition coefficient (Wildman–Crippen LogP) is 4.30. The van der Waals surface area contributed by atoms with E-state index in [-0.39, 0.29) is 17.9 Å². The third-order valence-electron chi connectivity index (χ3n) is 8.25. The van der Waals surface area contributed by atoms with E-state index < -0.39 is 65.5 Å². The molecule has 0 aliphatic carbocycles. The number of carbonyl (C=O) groups is 3. The molecule has 0 aromatic heterocycles. The number of amides is 2. The van der Waals surface area contributed by atoms with E-state index in [0.717, 1.165) is 11.1 Å². The van der Waals surface area contributed by atoms with E-state index in [9.17, 15) is 19.5 Å². The maximum Gasteiger partial charge on any atom is 0.409 e. The summed E-state index contributed by atoms with van der Waals surface area (Å²) in [6.07, 6.45) is 1.59. The monoisotopic (exact) mass is 620 g/mol. The maximum atomic E-state index is 13.4. The Hall–Kier alpha value is -3.12. The minimum Gasteiger partial charge on any atom is -0.495 e. The molecule has 11 nitrogen and oxygen atoms in total. The standard InChI is InChI=1S/C31H41ClN2O9/c1-16(2)28(36)42-24-14-25(35)33-20-12-19(13-21(39-6)26(20)32)11-17(3)9-8-10-23(40-7)31(38)15-22(41-29(37)34-31)18(4)27-30(24,5)43-27/h8-10,12-13,16,18,22-24,27,38H,11,14-15H2,1-7H3,(H,33,35)(H,34,37)/t18-,22+,23-,24+,27+,30+,31+/m1/s1. The van der Waals surface area contributed by atoms with Crippen LogP contribution in [0.3, 0.4) is 0 Å². The number of halogens is 1.